The normalized spacial score (nSPS) is 28.4. The zero-order valence-electron chi connectivity index (χ0n) is 10.7. The molecule has 2 nitrogen and oxygen atoms in total. The smallest absolute Gasteiger partial charge is 0.0715 e. The predicted octanol–water partition coefficient (Wildman–Crippen LogP) is 2.56. The Bertz CT molecular complexity index is 175. The molecule has 15 heavy (non-hydrogen) atoms. The second-order valence-corrected chi connectivity index (χ2v) is 6.05. The first kappa shape index (κ1) is 13.0. The zero-order valence-corrected chi connectivity index (χ0v) is 10.7. The molecule has 0 amide bonds. The van der Waals surface area contributed by atoms with Gasteiger partial charge in [0.05, 0.1) is 5.60 Å². The van der Waals surface area contributed by atoms with Crippen LogP contribution in [0.1, 0.15) is 53.4 Å². The third-order valence-corrected chi connectivity index (χ3v) is 3.54. The van der Waals surface area contributed by atoms with E-state index in [1.165, 1.54) is 25.7 Å². The fraction of sp³-hybridized carbons (Fsp3) is 1.00. The Balaban J connectivity index is 2.20. The molecule has 0 heterocycles. The van der Waals surface area contributed by atoms with Crippen LogP contribution in [0, 0.1) is 11.8 Å². The molecular formula is C13H27NO. The number of hydrogen-bond donors (Lipinski definition) is 2. The second kappa shape index (κ2) is 5.31. The lowest BCUT2D eigenvalue weighted by Crippen LogP contribution is -2.42. The average molecular weight is 213 g/mol. The van der Waals surface area contributed by atoms with Gasteiger partial charge in [-0.25, -0.2) is 0 Å². The van der Waals surface area contributed by atoms with Crippen molar-refractivity contribution in [3.63, 3.8) is 0 Å². The average Bonchev–Trinajstić information content (AvgIpc) is 2.14. The van der Waals surface area contributed by atoms with E-state index in [2.05, 4.69) is 19.2 Å². The standard InChI is InChI=1S/C13H27NO/c1-10(2)11-5-7-12(8-6-11)14-9-13(3,4)15/h10-12,14-15H,5-9H2,1-4H3. The first-order valence-electron chi connectivity index (χ1n) is 6.34. The maximum absolute atomic E-state index is 9.63. The van der Waals surface area contributed by atoms with E-state index >= 15 is 0 Å². The van der Waals surface area contributed by atoms with Crippen molar-refractivity contribution in [3.8, 4) is 0 Å². The number of rotatable bonds is 4. The largest absolute Gasteiger partial charge is 0.389 e. The van der Waals surface area contributed by atoms with Gasteiger partial charge >= 0.3 is 0 Å². The molecule has 0 aromatic rings. The molecule has 0 aromatic carbocycles. The van der Waals surface area contributed by atoms with Crippen LogP contribution in [0.3, 0.4) is 0 Å². The fourth-order valence-electron chi connectivity index (χ4n) is 2.38. The minimum absolute atomic E-state index is 0.575. The van der Waals surface area contributed by atoms with E-state index in [4.69, 9.17) is 0 Å². The van der Waals surface area contributed by atoms with Crippen molar-refractivity contribution in [2.75, 3.05) is 6.54 Å². The summed E-state index contributed by atoms with van der Waals surface area (Å²) in [5.74, 6) is 1.76. The Labute approximate surface area is 94.5 Å². The van der Waals surface area contributed by atoms with Crippen LogP contribution in [0.4, 0.5) is 0 Å². The second-order valence-electron chi connectivity index (χ2n) is 6.05. The first-order chi connectivity index (χ1) is 6.88. The minimum Gasteiger partial charge on any atom is -0.389 e. The molecule has 0 bridgehead atoms. The van der Waals surface area contributed by atoms with Crippen LogP contribution < -0.4 is 5.32 Å². The summed E-state index contributed by atoms with van der Waals surface area (Å²) in [6, 6.07) is 0.631. The third kappa shape index (κ3) is 4.98. The highest BCUT2D eigenvalue weighted by Gasteiger charge is 2.24. The maximum atomic E-state index is 9.63. The number of aliphatic hydroxyl groups is 1. The van der Waals surface area contributed by atoms with Crippen LogP contribution in [0.2, 0.25) is 0 Å². The third-order valence-electron chi connectivity index (χ3n) is 3.54. The molecule has 0 saturated heterocycles. The van der Waals surface area contributed by atoms with Gasteiger partial charge in [0.15, 0.2) is 0 Å². The summed E-state index contributed by atoms with van der Waals surface area (Å²) in [5, 5.41) is 13.1. The summed E-state index contributed by atoms with van der Waals surface area (Å²) in [5.41, 5.74) is -0.575. The fourth-order valence-corrected chi connectivity index (χ4v) is 2.38. The lowest BCUT2D eigenvalue weighted by molar-refractivity contribution is 0.0728. The van der Waals surface area contributed by atoms with Crippen LogP contribution >= 0.6 is 0 Å². The van der Waals surface area contributed by atoms with Crippen molar-refractivity contribution in [2.45, 2.75) is 65.0 Å². The molecule has 90 valence electrons. The Morgan fingerprint density at radius 3 is 2.13 bits per heavy atom. The quantitative estimate of drug-likeness (QED) is 0.752. The highest BCUT2D eigenvalue weighted by Crippen LogP contribution is 2.29. The van der Waals surface area contributed by atoms with Gasteiger partial charge in [-0.05, 0) is 51.4 Å². The number of hydrogen-bond acceptors (Lipinski definition) is 2. The van der Waals surface area contributed by atoms with Crippen LogP contribution in [0.25, 0.3) is 0 Å². The summed E-state index contributed by atoms with van der Waals surface area (Å²) >= 11 is 0. The molecule has 2 heteroatoms. The van der Waals surface area contributed by atoms with Crippen molar-refractivity contribution < 1.29 is 5.11 Å². The molecule has 0 aromatic heterocycles. The summed E-state index contributed by atoms with van der Waals surface area (Å²) in [7, 11) is 0. The van der Waals surface area contributed by atoms with Gasteiger partial charge in [0.2, 0.25) is 0 Å². The van der Waals surface area contributed by atoms with Gasteiger partial charge in [-0.2, -0.15) is 0 Å². The van der Waals surface area contributed by atoms with E-state index in [9.17, 15) is 5.11 Å². The summed E-state index contributed by atoms with van der Waals surface area (Å²) in [6.45, 7) is 9.09. The van der Waals surface area contributed by atoms with Gasteiger partial charge < -0.3 is 10.4 Å². The van der Waals surface area contributed by atoms with Crippen LogP contribution in [-0.2, 0) is 0 Å². The molecule has 0 atom stereocenters. The van der Waals surface area contributed by atoms with Gasteiger partial charge in [0.25, 0.3) is 0 Å². The van der Waals surface area contributed by atoms with Gasteiger partial charge in [-0.15, -0.1) is 0 Å². The molecule has 0 aliphatic heterocycles. The van der Waals surface area contributed by atoms with Crippen molar-refractivity contribution in [3.05, 3.63) is 0 Å². The molecule has 1 fully saturated rings. The monoisotopic (exact) mass is 213 g/mol. The van der Waals surface area contributed by atoms with E-state index in [0.717, 1.165) is 11.8 Å². The Morgan fingerprint density at radius 2 is 1.73 bits per heavy atom. The maximum Gasteiger partial charge on any atom is 0.0715 e. The van der Waals surface area contributed by atoms with Crippen molar-refractivity contribution in [1.29, 1.82) is 0 Å². The van der Waals surface area contributed by atoms with Crippen molar-refractivity contribution >= 4 is 0 Å². The zero-order chi connectivity index (χ0) is 11.5. The Kier molecular flexibility index (Phi) is 4.60. The van der Waals surface area contributed by atoms with E-state index in [1.807, 2.05) is 13.8 Å². The molecule has 0 radical (unpaired) electrons. The number of nitrogens with one attached hydrogen (secondary N) is 1. The highest BCUT2D eigenvalue weighted by molar-refractivity contribution is 4.80. The van der Waals surface area contributed by atoms with Crippen molar-refractivity contribution in [1.82, 2.24) is 5.32 Å². The van der Waals surface area contributed by atoms with E-state index in [1.54, 1.807) is 0 Å². The Morgan fingerprint density at radius 1 is 1.20 bits per heavy atom. The molecule has 0 spiro atoms. The molecule has 1 aliphatic rings. The van der Waals surface area contributed by atoms with Gasteiger partial charge in [0, 0.05) is 12.6 Å². The summed E-state index contributed by atoms with van der Waals surface area (Å²) in [4.78, 5) is 0. The molecule has 2 N–H and O–H groups in total. The summed E-state index contributed by atoms with van der Waals surface area (Å²) < 4.78 is 0. The molecule has 0 unspecified atom stereocenters. The molecule has 1 aliphatic carbocycles. The van der Waals surface area contributed by atoms with Crippen molar-refractivity contribution in [2.24, 2.45) is 11.8 Å². The highest BCUT2D eigenvalue weighted by atomic mass is 16.3. The van der Waals surface area contributed by atoms with E-state index in [0.29, 0.717) is 12.6 Å². The molecule has 1 saturated carbocycles. The summed E-state index contributed by atoms with van der Waals surface area (Å²) in [6.07, 6.45) is 5.25. The molecule has 1 rings (SSSR count). The Hall–Kier alpha value is -0.0800. The van der Waals surface area contributed by atoms with Gasteiger partial charge in [-0.3, -0.25) is 0 Å². The van der Waals surface area contributed by atoms with Crippen LogP contribution in [0.5, 0.6) is 0 Å². The van der Waals surface area contributed by atoms with Crippen LogP contribution in [0.15, 0.2) is 0 Å². The van der Waals surface area contributed by atoms with Crippen LogP contribution in [-0.4, -0.2) is 23.3 Å². The predicted molar refractivity (Wildman–Crippen MR) is 64.9 cm³/mol. The lowest BCUT2D eigenvalue weighted by atomic mass is 9.79. The van der Waals surface area contributed by atoms with Gasteiger partial charge in [0.1, 0.15) is 0 Å². The van der Waals surface area contributed by atoms with E-state index < -0.39 is 5.60 Å². The first-order valence-corrected chi connectivity index (χ1v) is 6.34. The topological polar surface area (TPSA) is 32.3 Å². The van der Waals surface area contributed by atoms with Gasteiger partial charge in [-0.1, -0.05) is 13.8 Å². The SMILES string of the molecule is CC(C)C1CCC(NCC(C)(C)O)CC1. The van der Waals surface area contributed by atoms with E-state index in [-0.39, 0.29) is 0 Å². The molecular weight excluding hydrogens is 186 g/mol. The minimum atomic E-state index is -0.575. The lowest BCUT2D eigenvalue weighted by Gasteiger charge is -2.32.